The number of rotatable bonds is 4. The molecule has 4 aromatic rings. The van der Waals surface area contributed by atoms with Crippen molar-refractivity contribution in [3.63, 3.8) is 0 Å². The van der Waals surface area contributed by atoms with E-state index in [1.807, 2.05) is 48.5 Å². The summed E-state index contributed by atoms with van der Waals surface area (Å²) in [6, 6.07) is 18.9. The van der Waals surface area contributed by atoms with Crippen molar-refractivity contribution in [3.05, 3.63) is 77.3 Å². The molecule has 0 fully saturated rings. The Hall–Kier alpha value is -3.87. The third kappa shape index (κ3) is 3.18. The fraction of sp³-hybridized carbons (Fsp3) is 0.0500. The van der Waals surface area contributed by atoms with Crippen molar-refractivity contribution in [1.82, 2.24) is 14.7 Å². The minimum Gasteiger partial charge on any atom is -0.497 e. The number of pyridine rings is 1. The second-order valence-electron chi connectivity index (χ2n) is 5.86. The number of aromatic nitrogens is 3. The summed E-state index contributed by atoms with van der Waals surface area (Å²) in [5, 5.41) is 13.5. The van der Waals surface area contributed by atoms with Crippen LogP contribution >= 0.6 is 0 Å². The van der Waals surface area contributed by atoms with Crippen LogP contribution in [0.5, 0.6) is 5.75 Å². The molecule has 7 heteroatoms. The van der Waals surface area contributed by atoms with Gasteiger partial charge in [-0.2, -0.15) is 4.98 Å². The molecule has 134 valence electrons. The van der Waals surface area contributed by atoms with Gasteiger partial charge in [-0.25, -0.2) is 9.78 Å². The summed E-state index contributed by atoms with van der Waals surface area (Å²) in [4.78, 5) is 19.9. The van der Waals surface area contributed by atoms with Crippen LogP contribution in [-0.4, -0.2) is 27.0 Å². The molecule has 0 bridgehead atoms. The zero-order chi connectivity index (χ0) is 18.8. The number of anilines is 2. The van der Waals surface area contributed by atoms with E-state index in [0.717, 1.165) is 22.6 Å². The average Bonchev–Trinajstić information content (AvgIpc) is 2.72. The van der Waals surface area contributed by atoms with E-state index in [9.17, 15) is 10.0 Å². The first-order chi connectivity index (χ1) is 13.2. The molecule has 0 radical (unpaired) electrons. The lowest BCUT2D eigenvalue weighted by Gasteiger charge is -2.11. The van der Waals surface area contributed by atoms with Crippen molar-refractivity contribution < 1.29 is 9.94 Å². The van der Waals surface area contributed by atoms with Gasteiger partial charge in [0, 0.05) is 11.9 Å². The van der Waals surface area contributed by atoms with Crippen molar-refractivity contribution in [2.75, 3.05) is 12.4 Å². The van der Waals surface area contributed by atoms with Crippen LogP contribution in [-0.2, 0) is 0 Å². The lowest BCUT2D eigenvalue weighted by molar-refractivity contribution is 0.182. The van der Waals surface area contributed by atoms with Gasteiger partial charge in [0.1, 0.15) is 11.6 Å². The average molecular weight is 360 g/mol. The van der Waals surface area contributed by atoms with Gasteiger partial charge in [-0.05, 0) is 47.5 Å². The Morgan fingerprint density at radius 1 is 1.04 bits per heavy atom. The molecular formula is C20H16N4O3. The molecule has 2 heterocycles. The quantitative estimate of drug-likeness (QED) is 0.542. The van der Waals surface area contributed by atoms with Crippen molar-refractivity contribution in [1.29, 1.82) is 0 Å². The summed E-state index contributed by atoms with van der Waals surface area (Å²) < 4.78 is 5.63. The van der Waals surface area contributed by atoms with Crippen molar-refractivity contribution >= 4 is 22.5 Å². The van der Waals surface area contributed by atoms with Gasteiger partial charge >= 0.3 is 5.69 Å². The molecule has 0 spiro atoms. The largest absolute Gasteiger partial charge is 0.497 e. The van der Waals surface area contributed by atoms with E-state index in [4.69, 9.17) is 4.74 Å². The van der Waals surface area contributed by atoms with Crippen LogP contribution < -0.4 is 15.7 Å². The smallest absolute Gasteiger partial charge is 0.384 e. The first-order valence-electron chi connectivity index (χ1n) is 8.24. The third-order valence-electron chi connectivity index (χ3n) is 4.18. The molecule has 0 saturated carbocycles. The van der Waals surface area contributed by atoms with E-state index in [0.29, 0.717) is 15.9 Å². The number of ether oxygens (including phenoxy) is 1. The molecule has 0 aliphatic heterocycles. The Balaban J connectivity index is 1.73. The molecule has 0 unspecified atom stereocenters. The lowest BCUT2D eigenvalue weighted by atomic mass is 10.0. The summed E-state index contributed by atoms with van der Waals surface area (Å²) in [6.45, 7) is 0. The summed E-state index contributed by atoms with van der Waals surface area (Å²) in [5.74, 6) is 1.13. The highest BCUT2D eigenvalue weighted by Gasteiger charge is 2.11. The zero-order valence-corrected chi connectivity index (χ0v) is 14.5. The molecule has 4 rings (SSSR count). The van der Waals surface area contributed by atoms with E-state index < -0.39 is 5.69 Å². The first kappa shape index (κ1) is 16.6. The molecule has 0 aliphatic rings. The summed E-state index contributed by atoms with van der Waals surface area (Å²) in [5.41, 5.74) is 2.14. The third-order valence-corrected chi connectivity index (χ3v) is 4.18. The molecule has 0 saturated heterocycles. The van der Waals surface area contributed by atoms with Crippen LogP contribution in [0.15, 0.2) is 71.7 Å². The topological polar surface area (TPSA) is 89.3 Å². The number of hydrogen-bond acceptors (Lipinski definition) is 6. The number of benzene rings is 2. The Labute approximate surface area is 154 Å². The van der Waals surface area contributed by atoms with Gasteiger partial charge in [-0.3, -0.25) is 0 Å². The van der Waals surface area contributed by atoms with Crippen LogP contribution in [0, 0.1) is 0 Å². The highest BCUT2D eigenvalue weighted by atomic mass is 16.5. The summed E-state index contributed by atoms with van der Waals surface area (Å²) in [7, 11) is 1.63. The molecule has 2 N–H and O–H groups in total. The predicted octanol–water partition coefficient (Wildman–Crippen LogP) is 3.45. The molecule has 2 aromatic heterocycles. The molecule has 2 aromatic carbocycles. The van der Waals surface area contributed by atoms with Crippen LogP contribution in [0.4, 0.5) is 11.5 Å². The SMILES string of the molecule is COc1ccc(-c2cccc(Nc3nc(=O)n(O)c4ncccc34)c2)cc1. The highest BCUT2D eigenvalue weighted by Crippen LogP contribution is 2.27. The van der Waals surface area contributed by atoms with Crippen molar-refractivity contribution in [2.45, 2.75) is 0 Å². The molecule has 0 aliphatic carbocycles. The van der Waals surface area contributed by atoms with Gasteiger partial charge in [0.2, 0.25) is 0 Å². The Kier molecular flexibility index (Phi) is 4.18. The van der Waals surface area contributed by atoms with E-state index in [1.54, 1.807) is 19.2 Å². The molecule has 27 heavy (non-hydrogen) atoms. The minimum absolute atomic E-state index is 0.145. The van der Waals surface area contributed by atoms with Gasteiger partial charge in [0.05, 0.1) is 12.5 Å². The normalized spacial score (nSPS) is 10.7. The van der Waals surface area contributed by atoms with Gasteiger partial charge in [-0.15, -0.1) is 4.73 Å². The maximum Gasteiger partial charge on any atom is 0.384 e. The predicted molar refractivity (Wildman–Crippen MR) is 103 cm³/mol. The summed E-state index contributed by atoms with van der Waals surface area (Å²) in [6.07, 6.45) is 1.50. The second kappa shape index (κ2) is 6.80. The summed E-state index contributed by atoms with van der Waals surface area (Å²) >= 11 is 0. The second-order valence-corrected chi connectivity index (χ2v) is 5.86. The first-order valence-corrected chi connectivity index (χ1v) is 8.24. The number of nitrogens with one attached hydrogen (secondary N) is 1. The maximum atomic E-state index is 11.9. The number of fused-ring (bicyclic) bond motifs is 1. The number of methoxy groups -OCH3 is 1. The van der Waals surface area contributed by atoms with E-state index in [1.165, 1.54) is 6.20 Å². The lowest BCUT2D eigenvalue weighted by Crippen LogP contribution is -2.23. The van der Waals surface area contributed by atoms with Crippen LogP contribution in [0.2, 0.25) is 0 Å². The van der Waals surface area contributed by atoms with Crippen molar-refractivity contribution in [3.8, 4) is 16.9 Å². The standard InChI is InChI=1S/C20H16N4O3/c1-27-16-9-7-13(8-10-16)14-4-2-5-15(12-14)22-18-17-6-3-11-21-19(17)24(26)20(25)23-18/h2-12,26H,1H3,(H,22,23,25). The van der Waals surface area contributed by atoms with Crippen molar-refractivity contribution in [2.24, 2.45) is 0 Å². The molecular weight excluding hydrogens is 344 g/mol. The van der Waals surface area contributed by atoms with Crippen LogP contribution in [0.25, 0.3) is 22.2 Å². The fourth-order valence-corrected chi connectivity index (χ4v) is 2.84. The molecule has 7 nitrogen and oxygen atoms in total. The monoisotopic (exact) mass is 360 g/mol. The molecule has 0 atom stereocenters. The van der Waals surface area contributed by atoms with Gasteiger partial charge in [0.25, 0.3) is 0 Å². The molecule has 0 amide bonds. The van der Waals surface area contributed by atoms with Gasteiger partial charge < -0.3 is 15.3 Å². The van der Waals surface area contributed by atoms with Gasteiger partial charge in [-0.1, -0.05) is 24.3 Å². The number of hydrogen-bond donors (Lipinski definition) is 2. The fourth-order valence-electron chi connectivity index (χ4n) is 2.84. The number of nitrogens with zero attached hydrogens (tertiary/aromatic N) is 3. The van der Waals surface area contributed by atoms with Crippen LogP contribution in [0.3, 0.4) is 0 Å². The van der Waals surface area contributed by atoms with Crippen LogP contribution in [0.1, 0.15) is 0 Å². The highest BCUT2D eigenvalue weighted by molar-refractivity contribution is 5.88. The Bertz CT molecular complexity index is 1170. The zero-order valence-electron chi connectivity index (χ0n) is 14.5. The van der Waals surface area contributed by atoms with E-state index >= 15 is 0 Å². The maximum absolute atomic E-state index is 11.9. The van der Waals surface area contributed by atoms with E-state index in [-0.39, 0.29) is 5.65 Å². The Morgan fingerprint density at radius 3 is 2.63 bits per heavy atom. The van der Waals surface area contributed by atoms with Gasteiger partial charge in [0.15, 0.2) is 5.65 Å². The Morgan fingerprint density at radius 2 is 1.85 bits per heavy atom. The van der Waals surface area contributed by atoms with E-state index in [2.05, 4.69) is 15.3 Å². The minimum atomic E-state index is -0.796.